The summed E-state index contributed by atoms with van der Waals surface area (Å²) in [7, 11) is -2.55. The Kier molecular flexibility index (Phi) is 5.34. The van der Waals surface area contributed by atoms with E-state index >= 15 is 0 Å². The maximum atomic E-state index is 13.3. The van der Waals surface area contributed by atoms with Crippen LogP contribution in [0.4, 0.5) is 0 Å². The summed E-state index contributed by atoms with van der Waals surface area (Å²) in [5.41, 5.74) is 0.854. The Morgan fingerprint density at radius 3 is 2.37 bits per heavy atom. The first-order chi connectivity index (χ1) is 14.3. The Morgan fingerprint density at radius 2 is 1.77 bits per heavy atom. The molecule has 2 aromatic carbocycles. The molecule has 0 spiro atoms. The number of β-lactam (4-membered cyclic amide) rings is 1. The molecule has 9 heteroatoms. The first kappa shape index (κ1) is 20.8. The van der Waals surface area contributed by atoms with Crippen molar-refractivity contribution in [1.29, 1.82) is 0 Å². The van der Waals surface area contributed by atoms with E-state index in [1.165, 1.54) is 36.3 Å². The van der Waals surface area contributed by atoms with Gasteiger partial charge in [-0.2, -0.15) is 0 Å². The number of ketones is 1. The van der Waals surface area contributed by atoms with Gasteiger partial charge in [0.15, 0.2) is 12.6 Å². The van der Waals surface area contributed by atoms with Gasteiger partial charge in [0.1, 0.15) is 5.75 Å². The molecule has 2 atom stereocenters. The number of hydrogen-bond donors (Lipinski definition) is 0. The number of methoxy groups -OCH3 is 1. The van der Waals surface area contributed by atoms with Gasteiger partial charge >= 0.3 is 0 Å². The lowest BCUT2D eigenvalue weighted by molar-refractivity contribution is -0.150. The predicted octanol–water partition coefficient (Wildman–Crippen LogP) is 2.47. The topological polar surface area (TPSA) is 90.0 Å². The molecule has 2 saturated heterocycles. The van der Waals surface area contributed by atoms with Crippen molar-refractivity contribution in [1.82, 2.24) is 4.90 Å². The molecule has 2 aromatic rings. The fourth-order valence-corrected chi connectivity index (χ4v) is 6.29. The molecule has 0 N–H and O–H groups in total. The second kappa shape index (κ2) is 7.68. The van der Waals surface area contributed by atoms with Crippen molar-refractivity contribution in [2.24, 2.45) is 5.92 Å². The molecule has 2 fully saturated rings. The minimum absolute atomic E-state index is 0.0157. The third-order valence-corrected chi connectivity index (χ3v) is 8.20. The highest BCUT2D eigenvalue weighted by atomic mass is 35.5. The van der Waals surface area contributed by atoms with Gasteiger partial charge in [0, 0.05) is 24.6 Å². The van der Waals surface area contributed by atoms with Crippen LogP contribution in [0.3, 0.4) is 0 Å². The van der Waals surface area contributed by atoms with Gasteiger partial charge in [0.05, 0.1) is 11.3 Å². The largest absolute Gasteiger partial charge is 0.468 e. The maximum Gasteiger partial charge on any atom is 0.228 e. The number of carbonyl (C=O) groups is 2. The minimum Gasteiger partial charge on any atom is -0.468 e. The Labute approximate surface area is 179 Å². The lowest BCUT2D eigenvalue weighted by Crippen LogP contribution is -2.67. The van der Waals surface area contributed by atoms with Gasteiger partial charge in [-0.3, -0.25) is 9.59 Å². The van der Waals surface area contributed by atoms with Crippen LogP contribution in [-0.4, -0.2) is 50.3 Å². The highest BCUT2D eigenvalue weighted by Gasteiger charge is 2.70. The molecule has 158 valence electrons. The zero-order valence-corrected chi connectivity index (χ0v) is 17.8. The smallest absolute Gasteiger partial charge is 0.228 e. The molecule has 0 saturated carbocycles. The van der Waals surface area contributed by atoms with Crippen LogP contribution >= 0.6 is 11.6 Å². The van der Waals surface area contributed by atoms with Crippen LogP contribution in [0.5, 0.6) is 5.75 Å². The monoisotopic (exact) mass is 449 g/mol. The van der Waals surface area contributed by atoms with Crippen LogP contribution in [0.25, 0.3) is 0 Å². The van der Waals surface area contributed by atoms with E-state index in [1.807, 2.05) is 12.1 Å². The number of fused-ring (bicyclic) bond motifs is 1. The molecule has 0 aromatic heterocycles. The number of halogens is 1. The van der Waals surface area contributed by atoms with E-state index in [0.29, 0.717) is 17.2 Å². The highest BCUT2D eigenvalue weighted by Crippen LogP contribution is 2.48. The van der Waals surface area contributed by atoms with Crippen LogP contribution in [-0.2, 0) is 30.6 Å². The standard InChI is InChI=1S/C21H20ClNO6S/c1-28-13-29-17-6-2-14(3-7-17)10-15-12-23-19(24)11-21(23,20(15)25)30(26,27)18-8-4-16(22)5-9-18/h2-9,15H,10-13H2,1H3. The summed E-state index contributed by atoms with van der Waals surface area (Å²) in [6, 6.07) is 12.8. The number of Topliss-reactive ketones (excluding diaryl/α,β-unsaturated/α-hetero) is 1. The van der Waals surface area contributed by atoms with Crippen LogP contribution < -0.4 is 4.74 Å². The Bertz CT molecular complexity index is 1080. The van der Waals surface area contributed by atoms with Crippen molar-refractivity contribution in [3.05, 3.63) is 59.1 Å². The number of benzene rings is 2. The van der Waals surface area contributed by atoms with E-state index in [9.17, 15) is 18.0 Å². The Balaban J connectivity index is 1.58. The van der Waals surface area contributed by atoms with Crippen LogP contribution in [0.15, 0.2) is 53.4 Å². The highest BCUT2D eigenvalue weighted by molar-refractivity contribution is 7.93. The number of sulfone groups is 1. The van der Waals surface area contributed by atoms with Crippen LogP contribution in [0.1, 0.15) is 12.0 Å². The van der Waals surface area contributed by atoms with Gasteiger partial charge in [0.2, 0.25) is 20.6 Å². The van der Waals surface area contributed by atoms with E-state index in [1.54, 1.807) is 12.1 Å². The number of amides is 1. The average Bonchev–Trinajstić information content (AvgIpc) is 2.96. The number of nitrogens with zero attached hydrogens (tertiary/aromatic N) is 1. The maximum absolute atomic E-state index is 13.3. The second-order valence-corrected chi connectivity index (χ2v) is 9.97. The summed E-state index contributed by atoms with van der Waals surface area (Å²) in [6.07, 6.45) is 0.0160. The quantitative estimate of drug-likeness (QED) is 0.476. The fourth-order valence-electron chi connectivity index (χ4n) is 4.07. The zero-order chi connectivity index (χ0) is 21.5. The lowest BCUT2D eigenvalue weighted by Gasteiger charge is -2.44. The SMILES string of the molecule is COCOc1ccc(CC2CN3C(=O)CC3(S(=O)(=O)c3ccc(Cl)cc3)C2=O)cc1. The predicted molar refractivity (Wildman–Crippen MR) is 109 cm³/mol. The van der Waals surface area contributed by atoms with Gasteiger partial charge in [0.25, 0.3) is 0 Å². The summed E-state index contributed by atoms with van der Waals surface area (Å²) < 4.78 is 36.9. The molecule has 30 heavy (non-hydrogen) atoms. The minimum atomic E-state index is -4.08. The van der Waals surface area contributed by atoms with E-state index in [2.05, 4.69) is 0 Å². The summed E-state index contributed by atoms with van der Waals surface area (Å²) >= 11 is 5.86. The van der Waals surface area contributed by atoms with Gasteiger partial charge in [-0.1, -0.05) is 23.7 Å². The summed E-state index contributed by atoms with van der Waals surface area (Å²) in [6.45, 7) is 0.217. The zero-order valence-electron chi connectivity index (χ0n) is 16.2. The molecule has 0 radical (unpaired) electrons. The summed E-state index contributed by atoms with van der Waals surface area (Å²) in [5.74, 6) is -0.730. The number of rotatable bonds is 7. The summed E-state index contributed by atoms with van der Waals surface area (Å²) in [5, 5.41) is 0.390. The third-order valence-electron chi connectivity index (χ3n) is 5.60. The number of carbonyl (C=O) groups excluding carboxylic acids is 2. The second-order valence-electron chi connectivity index (χ2n) is 7.38. The van der Waals surface area contributed by atoms with E-state index < -0.39 is 26.4 Å². The Morgan fingerprint density at radius 1 is 1.10 bits per heavy atom. The van der Waals surface area contributed by atoms with Crippen molar-refractivity contribution < 1.29 is 27.5 Å². The lowest BCUT2D eigenvalue weighted by atomic mass is 9.93. The molecular weight excluding hydrogens is 430 g/mol. The van der Waals surface area contributed by atoms with E-state index in [4.69, 9.17) is 21.1 Å². The fraction of sp³-hybridized carbons (Fsp3) is 0.333. The molecule has 4 rings (SSSR count). The van der Waals surface area contributed by atoms with Crippen LogP contribution in [0.2, 0.25) is 5.02 Å². The van der Waals surface area contributed by atoms with Crippen molar-refractivity contribution in [2.75, 3.05) is 20.4 Å². The van der Waals surface area contributed by atoms with Gasteiger partial charge in [-0.25, -0.2) is 8.42 Å². The first-order valence-electron chi connectivity index (χ1n) is 9.35. The van der Waals surface area contributed by atoms with Gasteiger partial charge in [-0.05, 0) is 48.4 Å². The Hall–Kier alpha value is -2.42. The van der Waals surface area contributed by atoms with Crippen molar-refractivity contribution in [2.45, 2.75) is 22.6 Å². The summed E-state index contributed by atoms with van der Waals surface area (Å²) in [4.78, 5) is 24.9. The number of hydrogen-bond acceptors (Lipinski definition) is 6. The van der Waals surface area contributed by atoms with E-state index in [0.717, 1.165) is 5.56 Å². The number of ether oxygens (including phenoxy) is 2. The molecular formula is C21H20ClNO6S. The third kappa shape index (κ3) is 3.19. The van der Waals surface area contributed by atoms with Gasteiger partial charge in [-0.15, -0.1) is 0 Å². The molecule has 0 aliphatic carbocycles. The molecule has 7 nitrogen and oxygen atoms in total. The first-order valence-corrected chi connectivity index (χ1v) is 11.2. The molecule has 2 aliphatic heterocycles. The molecule has 2 heterocycles. The van der Waals surface area contributed by atoms with Crippen molar-refractivity contribution in [3.8, 4) is 5.75 Å². The van der Waals surface area contributed by atoms with Crippen molar-refractivity contribution >= 4 is 33.1 Å². The van der Waals surface area contributed by atoms with Crippen LogP contribution in [0, 0.1) is 5.92 Å². The average molecular weight is 450 g/mol. The van der Waals surface area contributed by atoms with Gasteiger partial charge < -0.3 is 14.4 Å². The molecule has 1 amide bonds. The molecule has 2 unspecified atom stereocenters. The molecule has 0 bridgehead atoms. The normalized spacial score (nSPS) is 23.3. The molecule has 2 aliphatic rings. The van der Waals surface area contributed by atoms with Crippen molar-refractivity contribution in [3.63, 3.8) is 0 Å². The van der Waals surface area contributed by atoms with E-state index in [-0.39, 0.29) is 30.6 Å².